The molecule has 3 rings (SSSR count). The molecular formula is C15H15N3O2S. The Labute approximate surface area is 122 Å². The number of anilines is 1. The maximum absolute atomic E-state index is 11.6. The first kappa shape index (κ1) is 13.6. The summed E-state index contributed by atoms with van der Waals surface area (Å²) in [5.41, 5.74) is 9.92. The highest BCUT2D eigenvalue weighted by molar-refractivity contribution is 7.90. The van der Waals surface area contributed by atoms with Gasteiger partial charge in [-0.1, -0.05) is 12.1 Å². The number of hydrogen-bond donors (Lipinski definition) is 2. The highest BCUT2D eigenvalue weighted by Gasteiger charge is 2.12. The molecule has 0 amide bonds. The lowest BCUT2D eigenvalue weighted by Crippen LogP contribution is -1.96. The quantitative estimate of drug-likeness (QED) is 0.712. The van der Waals surface area contributed by atoms with E-state index in [1.165, 1.54) is 6.26 Å². The van der Waals surface area contributed by atoms with E-state index in [0.717, 1.165) is 11.1 Å². The molecule has 0 bridgehead atoms. The van der Waals surface area contributed by atoms with Gasteiger partial charge in [0, 0.05) is 17.5 Å². The molecular weight excluding hydrogens is 286 g/mol. The van der Waals surface area contributed by atoms with Crippen LogP contribution < -0.4 is 5.73 Å². The summed E-state index contributed by atoms with van der Waals surface area (Å²) in [7, 11) is -3.24. The third-order valence-electron chi connectivity index (χ3n) is 3.46. The van der Waals surface area contributed by atoms with E-state index in [9.17, 15) is 8.42 Å². The fourth-order valence-electron chi connectivity index (χ4n) is 2.23. The molecule has 0 spiro atoms. The Kier molecular flexibility index (Phi) is 2.98. The second kappa shape index (κ2) is 4.60. The highest BCUT2D eigenvalue weighted by Crippen LogP contribution is 2.28. The topological polar surface area (TPSA) is 88.8 Å². The summed E-state index contributed by atoms with van der Waals surface area (Å²) in [6.07, 6.45) is 1.18. The molecule has 0 fully saturated rings. The van der Waals surface area contributed by atoms with Gasteiger partial charge in [-0.3, -0.25) is 0 Å². The Morgan fingerprint density at radius 1 is 1.19 bits per heavy atom. The number of nitrogen functional groups attached to an aromatic ring is 1. The van der Waals surface area contributed by atoms with Gasteiger partial charge in [-0.05, 0) is 36.8 Å². The van der Waals surface area contributed by atoms with Gasteiger partial charge >= 0.3 is 0 Å². The number of nitrogens with two attached hydrogens (primary N) is 1. The molecule has 0 saturated carbocycles. The Morgan fingerprint density at radius 3 is 2.67 bits per heavy atom. The normalized spacial score (nSPS) is 11.9. The van der Waals surface area contributed by atoms with E-state index in [-0.39, 0.29) is 4.90 Å². The third-order valence-corrected chi connectivity index (χ3v) is 4.57. The summed E-state index contributed by atoms with van der Waals surface area (Å²) in [5.74, 6) is 0.636. The van der Waals surface area contributed by atoms with Crippen molar-refractivity contribution in [3.8, 4) is 11.4 Å². The number of nitrogens with one attached hydrogen (secondary N) is 1. The van der Waals surface area contributed by atoms with Crippen molar-refractivity contribution >= 4 is 26.6 Å². The first-order chi connectivity index (χ1) is 9.86. The van der Waals surface area contributed by atoms with Gasteiger partial charge in [-0.2, -0.15) is 0 Å². The van der Waals surface area contributed by atoms with Gasteiger partial charge in [-0.15, -0.1) is 0 Å². The van der Waals surface area contributed by atoms with Crippen molar-refractivity contribution in [1.82, 2.24) is 9.97 Å². The number of hydrogen-bond acceptors (Lipinski definition) is 4. The number of aromatic nitrogens is 2. The molecule has 0 radical (unpaired) electrons. The summed E-state index contributed by atoms with van der Waals surface area (Å²) in [4.78, 5) is 7.88. The predicted molar refractivity (Wildman–Crippen MR) is 83.8 cm³/mol. The number of fused-ring (bicyclic) bond motifs is 1. The summed E-state index contributed by atoms with van der Waals surface area (Å²) in [6.45, 7) is 1.93. The molecule has 0 aliphatic heterocycles. The van der Waals surface area contributed by atoms with Gasteiger partial charge in [0.25, 0.3) is 0 Å². The van der Waals surface area contributed by atoms with Gasteiger partial charge in [0.05, 0.1) is 15.9 Å². The van der Waals surface area contributed by atoms with Gasteiger partial charge < -0.3 is 10.7 Å². The van der Waals surface area contributed by atoms with E-state index < -0.39 is 9.84 Å². The van der Waals surface area contributed by atoms with Crippen LogP contribution in [0.25, 0.3) is 22.4 Å². The van der Waals surface area contributed by atoms with Gasteiger partial charge in [0.15, 0.2) is 9.84 Å². The lowest BCUT2D eigenvalue weighted by molar-refractivity contribution is 0.602. The largest absolute Gasteiger partial charge is 0.398 e. The van der Waals surface area contributed by atoms with Crippen molar-refractivity contribution in [3.05, 3.63) is 42.0 Å². The predicted octanol–water partition coefficient (Wildman–Crippen LogP) is 2.52. The molecule has 3 N–H and O–H groups in total. The number of sulfone groups is 1. The van der Waals surface area contributed by atoms with Crippen LogP contribution in [0.5, 0.6) is 0 Å². The standard InChI is InChI=1S/C15H15N3O2S/c1-9-4-3-5-11(14(9)16)15-17-12-7-6-10(21(2,19)20)8-13(12)18-15/h3-8H,16H2,1-2H3,(H,17,18). The Bertz CT molecular complexity index is 943. The maximum atomic E-state index is 11.6. The third kappa shape index (κ3) is 2.38. The average Bonchev–Trinajstić information content (AvgIpc) is 2.83. The summed E-state index contributed by atoms with van der Waals surface area (Å²) >= 11 is 0. The minimum absolute atomic E-state index is 0.266. The fourth-order valence-corrected chi connectivity index (χ4v) is 2.88. The molecule has 0 unspecified atom stereocenters. The van der Waals surface area contributed by atoms with Crippen LogP contribution in [0.4, 0.5) is 5.69 Å². The number of nitrogens with zero attached hydrogens (tertiary/aromatic N) is 1. The Hall–Kier alpha value is -2.34. The van der Waals surface area contributed by atoms with Crippen molar-refractivity contribution in [3.63, 3.8) is 0 Å². The number of imidazole rings is 1. The number of benzene rings is 2. The lowest BCUT2D eigenvalue weighted by Gasteiger charge is -2.04. The molecule has 108 valence electrons. The monoisotopic (exact) mass is 301 g/mol. The Morgan fingerprint density at radius 2 is 1.95 bits per heavy atom. The van der Waals surface area contributed by atoms with Crippen LogP contribution in [0, 0.1) is 6.92 Å². The summed E-state index contributed by atoms with van der Waals surface area (Å²) < 4.78 is 23.2. The molecule has 5 nitrogen and oxygen atoms in total. The molecule has 6 heteroatoms. The molecule has 2 aromatic carbocycles. The average molecular weight is 301 g/mol. The van der Waals surface area contributed by atoms with E-state index in [0.29, 0.717) is 22.5 Å². The zero-order valence-corrected chi connectivity index (χ0v) is 12.5. The molecule has 0 saturated heterocycles. The molecule has 0 aliphatic rings. The summed E-state index contributed by atoms with van der Waals surface area (Å²) in [5, 5.41) is 0. The van der Waals surface area contributed by atoms with Crippen molar-refractivity contribution in [2.45, 2.75) is 11.8 Å². The number of aromatic amines is 1. The maximum Gasteiger partial charge on any atom is 0.175 e. The van der Waals surface area contributed by atoms with Crippen LogP contribution in [0.3, 0.4) is 0 Å². The molecule has 3 aromatic rings. The van der Waals surface area contributed by atoms with E-state index in [1.807, 2.05) is 25.1 Å². The fraction of sp³-hybridized carbons (Fsp3) is 0.133. The van der Waals surface area contributed by atoms with Crippen LogP contribution in [0.15, 0.2) is 41.3 Å². The smallest absolute Gasteiger partial charge is 0.175 e. The Balaban J connectivity index is 2.20. The summed E-state index contributed by atoms with van der Waals surface area (Å²) in [6, 6.07) is 10.6. The van der Waals surface area contributed by atoms with Crippen LogP contribution in [-0.2, 0) is 9.84 Å². The molecule has 0 aliphatic carbocycles. The van der Waals surface area contributed by atoms with Crippen LogP contribution in [0.2, 0.25) is 0 Å². The second-order valence-corrected chi connectivity index (χ2v) is 7.09. The number of rotatable bonds is 2. The zero-order chi connectivity index (χ0) is 15.2. The lowest BCUT2D eigenvalue weighted by atomic mass is 10.1. The zero-order valence-electron chi connectivity index (χ0n) is 11.7. The van der Waals surface area contributed by atoms with E-state index >= 15 is 0 Å². The van der Waals surface area contributed by atoms with E-state index in [4.69, 9.17) is 5.73 Å². The SMILES string of the molecule is Cc1cccc(-c2nc3ccc(S(C)(=O)=O)cc3[nH]2)c1N. The van der Waals surface area contributed by atoms with Gasteiger partial charge in [0.2, 0.25) is 0 Å². The molecule has 21 heavy (non-hydrogen) atoms. The van der Waals surface area contributed by atoms with Crippen LogP contribution in [-0.4, -0.2) is 24.6 Å². The number of para-hydroxylation sites is 1. The highest BCUT2D eigenvalue weighted by atomic mass is 32.2. The van der Waals surface area contributed by atoms with E-state index in [2.05, 4.69) is 9.97 Å². The second-order valence-electron chi connectivity index (χ2n) is 5.07. The van der Waals surface area contributed by atoms with Crippen molar-refractivity contribution in [1.29, 1.82) is 0 Å². The van der Waals surface area contributed by atoms with Gasteiger partial charge in [0.1, 0.15) is 5.82 Å². The van der Waals surface area contributed by atoms with Gasteiger partial charge in [-0.25, -0.2) is 13.4 Å². The van der Waals surface area contributed by atoms with Crippen molar-refractivity contribution < 1.29 is 8.42 Å². The minimum Gasteiger partial charge on any atom is -0.398 e. The minimum atomic E-state index is -3.24. The van der Waals surface area contributed by atoms with Crippen LogP contribution >= 0.6 is 0 Å². The molecule has 1 heterocycles. The first-order valence-electron chi connectivity index (χ1n) is 6.41. The number of H-pyrrole nitrogens is 1. The first-order valence-corrected chi connectivity index (χ1v) is 8.31. The van der Waals surface area contributed by atoms with Crippen molar-refractivity contribution in [2.24, 2.45) is 0 Å². The van der Waals surface area contributed by atoms with Crippen LogP contribution in [0.1, 0.15) is 5.56 Å². The number of aryl methyl sites for hydroxylation is 1. The molecule has 1 aromatic heterocycles. The van der Waals surface area contributed by atoms with Crippen molar-refractivity contribution in [2.75, 3.05) is 12.0 Å². The van der Waals surface area contributed by atoms with E-state index in [1.54, 1.807) is 18.2 Å². The molecule has 0 atom stereocenters.